The molecule has 1 atom stereocenters. The molecule has 366 valence electrons. The summed E-state index contributed by atoms with van der Waals surface area (Å²) in [7, 11) is 0. The molecule has 0 radical (unpaired) electrons. The number of unbranched alkanes of at least 4 members (excludes halogenated alkanes) is 21. The van der Waals surface area contributed by atoms with Gasteiger partial charge in [0.2, 0.25) is 0 Å². The molecule has 0 saturated carbocycles. The Hall–Kier alpha value is -3.18. The summed E-state index contributed by atoms with van der Waals surface area (Å²) in [6, 6.07) is 0. The van der Waals surface area contributed by atoms with Gasteiger partial charge in [-0.2, -0.15) is 0 Å². The van der Waals surface area contributed by atoms with Crippen LogP contribution in [0.4, 0.5) is 0 Å². The largest absolute Gasteiger partial charge is 0.462 e. The fraction of sp³-hybridized carbons (Fsp3) is 0.695. The van der Waals surface area contributed by atoms with Crippen molar-refractivity contribution >= 4 is 11.9 Å². The average Bonchev–Trinajstić information content (AvgIpc) is 3.30. The van der Waals surface area contributed by atoms with Crippen LogP contribution >= 0.6 is 0 Å². The minimum absolute atomic E-state index is 0.0528. The quantitative estimate of drug-likeness (QED) is 0.0346. The summed E-state index contributed by atoms with van der Waals surface area (Å²) < 4.78 is 17.4. The summed E-state index contributed by atoms with van der Waals surface area (Å²) in [4.78, 5) is 25.4. The van der Waals surface area contributed by atoms with Crippen molar-refractivity contribution in [1.82, 2.24) is 0 Å². The molecule has 0 aromatic rings. The first-order chi connectivity index (χ1) is 31.6. The Morgan fingerprint density at radius 3 is 1.17 bits per heavy atom. The number of carbonyl (C=O) groups excluding carboxylic acids is 2. The Bertz CT molecular complexity index is 1230. The van der Waals surface area contributed by atoms with Gasteiger partial charge < -0.3 is 14.2 Å². The maximum atomic E-state index is 12.8. The highest BCUT2D eigenvalue weighted by Gasteiger charge is 2.17. The number of hydrogen-bond donors (Lipinski definition) is 0. The average molecular weight is 889 g/mol. The molecule has 0 heterocycles. The molecule has 5 heteroatoms. The number of ether oxygens (including phenoxy) is 3. The molecule has 0 aromatic carbocycles. The topological polar surface area (TPSA) is 61.8 Å². The standard InChI is InChI=1S/C59H100O5/c1-4-7-10-13-16-19-22-25-28-29-30-33-36-39-42-45-48-51-54-62-55-57(64-59(61)53-50-47-44-41-38-35-32-27-24-21-18-15-12-9-6-3)56-63-58(60)52-49-46-43-40-37-34-31-26-23-20-17-14-11-8-5-2/h7,10,16-17,19-20,25-28,30-33,39,42,57H,4-6,8-9,11-15,18,21-24,29,34-38,40-41,43-56H2,1-3H3/b10-7-,19-16-,20-17-,28-25-,31-26-,32-27-,33-30-,42-39-. The van der Waals surface area contributed by atoms with Gasteiger partial charge in [0.15, 0.2) is 6.10 Å². The molecule has 0 aliphatic heterocycles. The zero-order valence-corrected chi connectivity index (χ0v) is 42.0. The monoisotopic (exact) mass is 889 g/mol. The second kappa shape index (κ2) is 54.2. The molecule has 0 aromatic heterocycles. The Morgan fingerprint density at radius 2 is 0.703 bits per heavy atom. The second-order valence-corrected chi connectivity index (χ2v) is 17.4. The molecule has 0 N–H and O–H groups in total. The van der Waals surface area contributed by atoms with Gasteiger partial charge in [-0.15, -0.1) is 0 Å². The van der Waals surface area contributed by atoms with Crippen LogP contribution in [-0.2, 0) is 23.8 Å². The van der Waals surface area contributed by atoms with Crippen LogP contribution in [-0.4, -0.2) is 37.9 Å². The van der Waals surface area contributed by atoms with Crippen molar-refractivity contribution in [2.45, 2.75) is 245 Å². The van der Waals surface area contributed by atoms with Crippen LogP contribution in [0.5, 0.6) is 0 Å². The number of hydrogen-bond acceptors (Lipinski definition) is 5. The Morgan fingerprint density at radius 1 is 0.359 bits per heavy atom. The zero-order chi connectivity index (χ0) is 46.3. The number of rotatable bonds is 48. The molecule has 0 bridgehead atoms. The van der Waals surface area contributed by atoms with Crippen LogP contribution in [0.3, 0.4) is 0 Å². The van der Waals surface area contributed by atoms with E-state index < -0.39 is 6.10 Å². The molecule has 0 aliphatic carbocycles. The minimum atomic E-state index is -0.574. The van der Waals surface area contributed by atoms with Crippen molar-refractivity contribution in [2.24, 2.45) is 0 Å². The Balaban J connectivity index is 4.41. The zero-order valence-electron chi connectivity index (χ0n) is 42.0. The van der Waals surface area contributed by atoms with Crippen LogP contribution < -0.4 is 0 Å². The molecular formula is C59H100O5. The highest BCUT2D eigenvalue weighted by molar-refractivity contribution is 5.70. The van der Waals surface area contributed by atoms with E-state index in [1.807, 2.05) is 0 Å². The predicted molar refractivity (Wildman–Crippen MR) is 279 cm³/mol. The molecule has 0 spiro atoms. The van der Waals surface area contributed by atoms with Gasteiger partial charge in [-0.25, -0.2) is 0 Å². The van der Waals surface area contributed by atoms with Crippen LogP contribution in [0.15, 0.2) is 97.2 Å². The van der Waals surface area contributed by atoms with Crippen LogP contribution in [0, 0.1) is 0 Å². The van der Waals surface area contributed by atoms with E-state index in [1.165, 1.54) is 96.3 Å². The summed E-state index contributed by atoms with van der Waals surface area (Å²) in [5.74, 6) is -0.449. The van der Waals surface area contributed by atoms with Gasteiger partial charge in [-0.05, 0) is 122 Å². The van der Waals surface area contributed by atoms with E-state index in [-0.39, 0.29) is 25.2 Å². The maximum Gasteiger partial charge on any atom is 0.306 e. The van der Waals surface area contributed by atoms with Gasteiger partial charge in [0.1, 0.15) is 6.61 Å². The molecular weight excluding hydrogens is 789 g/mol. The summed E-state index contributed by atoms with van der Waals surface area (Å²) in [6.45, 7) is 7.56. The predicted octanol–water partition coefficient (Wildman–Crippen LogP) is 18.2. The molecule has 5 nitrogen and oxygen atoms in total. The lowest BCUT2D eigenvalue weighted by atomic mass is 10.1. The summed E-state index contributed by atoms with van der Waals surface area (Å²) in [6.07, 6.45) is 72.8. The van der Waals surface area contributed by atoms with E-state index >= 15 is 0 Å². The minimum Gasteiger partial charge on any atom is -0.462 e. The third kappa shape index (κ3) is 51.5. The van der Waals surface area contributed by atoms with Crippen molar-refractivity contribution in [3.05, 3.63) is 97.2 Å². The third-order valence-electron chi connectivity index (χ3n) is 11.1. The van der Waals surface area contributed by atoms with Crippen molar-refractivity contribution in [2.75, 3.05) is 19.8 Å². The van der Waals surface area contributed by atoms with Gasteiger partial charge in [-0.1, -0.05) is 201 Å². The van der Waals surface area contributed by atoms with Crippen molar-refractivity contribution in [3.63, 3.8) is 0 Å². The van der Waals surface area contributed by atoms with Gasteiger partial charge >= 0.3 is 11.9 Å². The summed E-state index contributed by atoms with van der Waals surface area (Å²) in [5.41, 5.74) is 0. The Labute approximate surface area is 396 Å². The third-order valence-corrected chi connectivity index (χ3v) is 11.1. The van der Waals surface area contributed by atoms with E-state index in [4.69, 9.17) is 14.2 Å². The summed E-state index contributed by atoms with van der Waals surface area (Å²) >= 11 is 0. The van der Waals surface area contributed by atoms with Gasteiger partial charge in [-0.3, -0.25) is 9.59 Å². The molecule has 0 saturated heterocycles. The fourth-order valence-electron chi connectivity index (χ4n) is 7.09. The van der Waals surface area contributed by atoms with Crippen molar-refractivity contribution in [3.8, 4) is 0 Å². The first-order valence-corrected chi connectivity index (χ1v) is 26.8. The van der Waals surface area contributed by atoms with E-state index in [1.54, 1.807) is 0 Å². The van der Waals surface area contributed by atoms with E-state index in [2.05, 4.69) is 118 Å². The van der Waals surface area contributed by atoms with E-state index in [9.17, 15) is 9.59 Å². The molecule has 0 amide bonds. The molecule has 1 unspecified atom stereocenters. The SMILES string of the molecule is CC/C=C\C/C=C\C/C=C\C/C=C\C/C=C\CCCCOCC(COC(=O)CCCCCCC/C=C\C/C=C\CCCCC)OC(=O)CCCCCCC/C=C\CCCCCCCC. The number of carbonyl (C=O) groups is 2. The molecule has 64 heavy (non-hydrogen) atoms. The maximum absolute atomic E-state index is 12.8. The molecule has 0 aliphatic rings. The lowest BCUT2D eigenvalue weighted by molar-refractivity contribution is -0.163. The first kappa shape index (κ1) is 60.8. The second-order valence-electron chi connectivity index (χ2n) is 17.4. The van der Waals surface area contributed by atoms with Gasteiger partial charge in [0, 0.05) is 19.4 Å². The van der Waals surface area contributed by atoms with E-state index in [0.29, 0.717) is 19.4 Å². The van der Waals surface area contributed by atoms with Crippen LogP contribution in [0.2, 0.25) is 0 Å². The lowest BCUT2D eigenvalue weighted by Gasteiger charge is -2.18. The normalized spacial score (nSPS) is 13.0. The summed E-state index contributed by atoms with van der Waals surface area (Å²) in [5, 5.41) is 0. The smallest absolute Gasteiger partial charge is 0.306 e. The van der Waals surface area contributed by atoms with E-state index in [0.717, 1.165) is 109 Å². The van der Waals surface area contributed by atoms with Gasteiger partial charge in [0.25, 0.3) is 0 Å². The highest BCUT2D eigenvalue weighted by Crippen LogP contribution is 2.13. The highest BCUT2D eigenvalue weighted by atomic mass is 16.6. The van der Waals surface area contributed by atoms with Crippen LogP contribution in [0.1, 0.15) is 239 Å². The fourth-order valence-corrected chi connectivity index (χ4v) is 7.09. The van der Waals surface area contributed by atoms with Crippen molar-refractivity contribution < 1.29 is 23.8 Å². The molecule has 0 rings (SSSR count). The van der Waals surface area contributed by atoms with Gasteiger partial charge in [0.05, 0.1) is 6.61 Å². The van der Waals surface area contributed by atoms with Crippen LogP contribution in [0.25, 0.3) is 0 Å². The Kier molecular flexibility index (Phi) is 51.5. The number of allylic oxidation sites excluding steroid dienone is 16. The number of esters is 2. The van der Waals surface area contributed by atoms with Crippen molar-refractivity contribution in [1.29, 1.82) is 0 Å². The first-order valence-electron chi connectivity index (χ1n) is 26.8. The lowest BCUT2D eigenvalue weighted by Crippen LogP contribution is -2.30. The molecule has 0 fully saturated rings.